The summed E-state index contributed by atoms with van der Waals surface area (Å²) in [4.78, 5) is 22.4. The average Bonchev–Trinajstić information content (AvgIpc) is 3.46. The summed E-state index contributed by atoms with van der Waals surface area (Å²) >= 11 is 0. The number of fused-ring (bicyclic) bond motifs is 2. The number of ether oxygens (including phenoxy) is 1. The monoisotopic (exact) mass is 485 g/mol. The van der Waals surface area contributed by atoms with Crippen molar-refractivity contribution >= 4 is 28.7 Å². The molecule has 0 atom stereocenters. The van der Waals surface area contributed by atoms with Crippen molar-refractivity contribution < 1.29 is 9.53 Å². The van der Waals surface area contributed by atoms with Crippen molar-refractivity contribution in [2.24, 2.45) is 0 Å². The van der Waals surface area contributed by atoms with Crippen LogP contribution in [0.25, 0.3) is 33.9 Å². The highest BCUT2D eigenvalue weighted by Crippen LogP contribution is 2.39. The summed E-state index contributed by atoms with van der Waals surface area (Å²) in [5.41, 5.74) is 7.22. The van der Waals surface area contributed by atoms with Crippen molar-refractivity contribution in [2.45, 2.75) is 64.9 Å². The van der Waals surface area contributed by atoms with Gasteiger partial charge in [-0.25, -0.2) is 14.3 Å². The highest BCUT2D eigenvalue weighted by Gasteiger charge is 2.28. The van der Waals surface area contributed by atoms with Gasteiger partial charge < -0.3 is 14.6 Å². The third-order valence-corrected chi connectivity index (χ3v) is 6.97. The molecule has 36 heavy (non-hydrogen) atoms. The summed E-state index contributed by atoms with van der Waals surface area (Å²) in [5, 5.41) is 5.62. The second kappa shape index (κ2) is 9.12. The largest absolute Gasteiger partial charge is 0.444 e. The van der Waals surface area contributed by atoms with E-state index >= 15 is 0 Å². The zero-order valence-corrected chi connectivity index (χ0v) is 21.8. The second-order valence-corrected chi connectivity index (χ2v) is 11.0. The Balaban J connectivity index is 1.46. The van der Waals surface area contributed by atoms with E-state index in [0.29, 0.717) is 11.8 Å². The van der Waals surface area contributed by atoms with Gasteiger partial charge in [0.2, 0.25) is 0 Å². The zero-order chi connectivity index (χ0) is 25.6. The second-order valence-electron chi connectivity index (χ2n) is 11.0. The van der Waals surface area contributed by atoms with Crippen LogP contribution in [0.15, 0.2) is 43.4 Å². The van der Waals surface area contributed by atoms with E-state index in [-0.39, 0.29) is 6.09 Å². The lowest BCUT2D eigenvalue weighted by Gasteiger charge is -2.33. The van der Waals surface area contributed by atoms with Crippen LogP contribution < -0.4 is 0 Å². The number of piperidine rings is 1. The fraction of sp³-hybridized carbons (Fsp3) is 0.414. The van der Waals surface area contributed by atoms with Gasteiger partial charge in [0, 0.05) is 41.3 Å². The van der Waals surface area contributed by atoms with E-state index in [9.17, 15) is 4.79 Å². The maximum absolute atomic E-state index is 12.5. The molecule has 188 valence electrons. The number of rotatable bonds is 4. The number of aromatic amines is 1. The van der Waals surface area contributed by atoms with E-state index in [4.69, 9.17) is 4.74 Å². The molecule has 1 aromatic carbocycles. The van der Waals surface area contributed by atoms with Crippen LogP contribution in [0.1, 0.15) is 76.0 Å². The maximum atomic E-state index is 12.5. The molecule has 0 aliphatic carbocycles. The van der Waals surface area contributed by atoms with Crippen molar-refractivity contribution in [1.29, 1.82) is 0 Å². The standard InChI is InChI=1S/C29H35N5O2/c1-7-19-14-22(16-34-27(19)30-17-31-34)26-25(18(2)3)23-15-21(8-9-24(23)32-26)20-10-12-33(13-11-20)28(35)36-29(4,5)6/h7-9,14-18,20,32H,1,10-13H2,2-6H3. The fourth-order valence-corrected chi connectivity index (χ4v) is 5.27. The maximum Gasteiger partial charge on any atom is 0.410 e. The molecule has 4 aromatic rings. The summed E-state index contributed by atoms with van der Waals surface area (Å²) in [6.45, 7) is 15.6. The van der Waals surface area contributed by atoms with Crippen molar-refractivity contribution in [1.82, 2.24) is 24.5 Å². The lowest BCUT2D eigenvalue weighted by Crippen LogP contribution is -2.41. The quantitative estimate of drug-likeness (QED) is 0.347. The first-order valence-corrected chi connectivity index (χ1v) is 12.7. The van der Waals surface area contributed by atoms with Gasteiger partial charge in [0.1, 0.15) is 11.9 Å². The van der Waals surface area contributed by atoms with Crippen LogP contribution in [0.2, 0.25) is 0 Å². The first-order valence-electron chi connectivity index (χ1n) is 12.7. The van der Waals surface area contributed by atoms with Crippen LogP contribution in [0, 0.1) is 0 Å². The number of hydrogen-bond acceptors (Lipinski definition) is 4. The molecule has 1 saturated heterocycles. The van der Waals surface area contributed by atoms with E-state index in [1.807, 2.05) is 42.5 Å². The van der Waals surface area contributed by atoms with E-state index in [2.05, 4.69) is 59.8 Å². The fourth-order valence-electron chi connectivity index (χ4n) is 5.27. The molecule has 0 unspecified atom stereocenters. The number of benzene rings is 1. The van der Waals surface area contributed by atoms with Crippen LogP contribution >= 0.6 is 0 Å². The Kier molecular flexibility index (Phi) is 6.10. The summed E-state index contributed by atoms with van der Waals surface area (Å²) < 4.78 is 7.38. The molecule has 1 aliphatic rings. The Labute approximate surface area is 212 Å². The Morgan fingerprint density at radius 1 is 1.22 bits per heavy atom. The minimum atomic E-state index is -0.469. The minimum absolute atomic E-state index is 0.211. The molecule has 1 fully saturated rings. The summed E-state index contributed by atoms with van der Waals surface area (Å²) in [6.07, 6.45) is 7.08. The molecule has 0 bridgehead atoms. The average molecular weight is 486 g/mol. The summed E-state index contributed by atoms with van der Waals surface area (Å²) in [6, 6.07) is 8.90. The first kappa shape index (κ1) is 24.1. The number of likely N-dealkylation sites (tertiary alicyclic amines) is 1. The smallest absolute Gasteiger partial charge is 0.410 e. The van der Waals surface area contributed by atoms with Crippen molar-refractivity contribution in [3.05, 3.63) is 60.1 Å². The molecule has 1 aliphatic heterocycles. The molecular formula is C29H35N5O2. The molecule has 5 rings (SSSR count). The van der Waals surface area contributed by atoms with Crippen LogP contribution in [0.5, 0.6) is 0 Å². The Morgan fingerprint density at radius 3 is 2.64 bits per heavy atom. The number of amides is 1. The van der Waals surface area contributed by atoms with Crippen molar-refractivity contribution in [2.75, 3.05) is 13.1 Å². The number of H-pyrrole nitrogens is 1. The van der Waals surface area contributed by atoms with E-state index in [0.717, 1.165) is 53.9 Å². The molecule has 3 aromatic heterocycles. The number of pyridine rings is 1. The Morgan fingerprint density at radius 2 is 1.97 bits per heavy atom. The van der Waals surface area contributed by atoms with Gasteiger partial charge in [-0.3, -0.25) is 0 Å². The molecule has 0 saturated carbocycles. The normalized spacial score (nSPS) is 15.2. The SMILES string of the molecule is C=Cc1cc(-c2[nH]c3ccc(C4CCN(C(=O)OC(C)(C)C)CC4)cc3c2C(C)C)cn2ncnc12. The van der Waals surface area contributed by atoms with Crippen LogP contribution in [-0.4, -0.2) is 49.3 Å². The number of aromatic nitrogens is 4. The van der Waals surface area contributed by atoms with E-state index in [1.165, 1.54) is 16.5 Å². The van der Waals surface area contributed by atoms with Gasteiger partial charge in [-0.1, -0.05) is 32.6 Å². The van der Waals surface area contributed by atoms with Crippen molar-refractivity contribution in [3.8, 4) is 11.3 Å². The number of hydrogen-bond donors (Lipinski definition) is 1. The minimum Gasteiger partial charge on any atom is -0.444 e. The molecule has 1 N–H and O–H groups in total. The molecular weight excluding hydrogens is 450 g/mol. The topological polar surface area (TPSA) is 75.5 Å². The van der Waals surface area contributed by atoms with Crippen LogP contribution in [0.4, 0.5) is 4.79 Å². The Hall–Kier alpha value is -3.61. The lowest BCUT2D eigenvalue weighted by molar-refractivity contribution is 0.0205. The number of nitrogens with one attached hydrogen (secondary N) is 1. The van der Waals surface area contributed by atoms with Gasteiger partial charge in [-0.05, 0) is 74.8 Å². The highest BCUT2D eigenvalue weighted by atomic mass is 16.6. The van der Waals surface area contributed by atoms with Crippen molar-refractivity contribution in [3.63, 3.8) is 0 Å². The number of carbonyl (C=O) groups is 1. The van der Waals surface area contributed by atoms with E-state index < -0.39 is 5.60 Å². The van der Waals surface area contributed by atoms with Gasteiger partial charge in [0.05, 0.1) is 5.69 Å². The molecule has 4 heterocycles. The lowest BCUT2D eigenvalue weighted by atomic mass is 9.87. The summed E-state index contributed by atoms with van der Waals surface area (Å²) in [7, 11) is 0. The van der Waals surface area contributed by atoms with Crippen LogP contribution in [0.3, 0.4) is 0 Å². The molecule has 0 spiro atoms. The number of carbonyl (C=O) groups excluding carboxylic acids is 1. The van der Waals surface area contributed by atoms with Gasteiger partial charge in [-0.15, -0.1) is 0 Å². The van der Waals surface area contributed by atoms with E-state index in [1.54, 1.807) is 6.33 Å². The van der Waals surface area contributed by atoms with Gasteiger partial charge in [-0.2, -0.15) is 5.10 Å². The van der Waals surface area contributed by atoms with Gasteiger partial charge >= 0.3 is 6.09 Å². The predicted molar refractivity (Wildman–Crippen MR) is 144 cm³/mol. The molecule has 7 nitrogen and oxygen atoms in total. The van der Waals surface area contributed by atoms with Crippen LogP contribution in [-0.2, 0) is 4.74 Å². The van der Waals surface area contributed by atoms with Gasteiger partial charge in [0.25, 0.3) is 0 Å². The molecule has 7 heteroatoms. The third kappa shape index (κ3) is 4.50. The highest BCUT2D eigenvalue weighted by molar-refractivity contribution is 5.92. The predicted octanol–water partition coefficient (Wildman–Crippen LogP) is 6.76. The first-order chi connectivity index (χ1) is 17.1. The third-order valence-electron chi connectivity index (χ3n) is 6.97. The molecule has 0 radical (unpaired) electrons. The Bertz CT molecular complexity index is 1430. The number of nitrogens with zero attached hydrogens (tertiary/aromatic N) is 4. The summed E-state index contributed by atoms with van der Waals surface area (Å²) in [5.74, 6) is 0.752. The van der Waals surface area contributed by atoms with Gasteiger partial charge in [0.15, 0.2) is 5.65 Å². The zero-order valence-electron chi connectivity index (χ0n) is 21.8. The molecule has 1 amide bonds.